The lowest BCUT2D eigenvalue weighted by Crippen LogP contribution is -2.21. The lowest BCUT2D eigenvalue weighted by molar-refractivity contribution is -0.137. The summed E-state index contributed by atoms with van der Waals surface area (Å²) in [4.78, 5) is 36.4. The van der Waals surface area contributed by atoms with Crippen LogP contribution in [-0.2, 0) is 11.0 Å². The average molecular weight is 565 g/mol. The molecule has 0 fully saturated rings. The largest absolute Gasteiger partial charge is 0.483 e. The SMILES string of the molecule is O=C(COc1ccc(Cl)cc1C(=O)c1cc(F)cc(C(F)(F)F)c1)Nc1ccc(C(=O)O)c(Cl)c1Cl. The van der Waals surface area contributed by atoms with Gasteiger partial charge in [-0.05, 0) is 48.5 Å². The molecular weight excluding hydrogens is 553 g/mol. The first-order valence-corrected chi connectivity index (χ1v) is 10.8. The minimum atomic E-state index is -4.89. The lowest BCUT2D eigenvalue weighted by atomic mass is 10.00. The molecule has 0 radical (unpaired) electrons. The van der Waals surface area contributed by atoms with Crippen LogP contribution in [0.25, 0.3) is 0 Å². The fourth-order valence-corrected chi connectivity index (χ4v) is 3.62. The first kappa shape index (κ1) is 27.3. The molecule has 3 aromatic carbocycles. The third-order valence-corrected chi connectivity index (χ3v) is 5.74. The third kappa shape index (κ3) is 6.26. The molecule has 0 spiro atoms. The van der Waals surface area contributed by atoms with Crippen LogP contribution in [0.4, 0.5) is 23.2 Å². The molecule has 0 aliphatic heterocycles. The summed E-state index contributed by atoms with van der Waals surface area (Å²) in [7, 11) is 0. The van der Waals surface area contributed by atoms with Gasteiger partial charge in [0.05, 0.1) is 32.4 Å². The monoisotopic (exact) mass is 563 g/mol. The van der Waals surface area contributed by atoms with Gasteiger partial charge < -0.3 is 15.2 Å². The van der Waals surface area contributed by atoms with Crippen molar-refractivity contribution < 1.29 is 41.8 Å². The maximum atomic E-state index is 13.8. The van der Waals surface area contributed by atoms with Gasteiger partial charge in [-0.15, -0.1) is 0 Å². The Morgan fingerprint density at radius 2 is 1.61 bits per heavy atom. The van der Waals surface area contributed by atoms with E-state index in [2.05, 4.69) is 5.32 Å². The number of alkyl halides is 3. The normalized spacial score (nSPS) is 11.2. The van der Waals surface area contributed by atoms with Crippen molar-refractivity contribution in [3.63, 3.8) is 0 Å². The van der Waals surface area contributed by atoms with E-state index in [1.807, 2.05) is 0 Å². The number of amides is 1. The van der Waals surface area contributed by atoms with Crippen molar-refractivity contribution in [3.05, 3.63) is 91.7 Å². The van der Waals surface area contributed by atoms with Crippen LogP contribution in [-0.4, -0.2) is 29.4 Å². The third-order valence-electron chi connectivity index (χ3n) is 4.62. The zero-order valence-corrected chi connectivity index (χ0v) is 19.8. The van der Waals surface area contributed by atoms with Crippen molar-refractivity contribution in [2.75, 3.05) is 11.9 Å². The Bertz CT molecular complexity index is 1380. The topological polar surface area (TPSA) is 92.7 Å². The Morgan fingerprint density at radius 1 is 0.917 bits per heavy atom. The summed E-state index contributed by atoms with van der Waals surface area (Å²) in [5.41, 5.74) is -2.60. The minimum absolute atomic E-state index is 0.0212. The van der Waals surface area contributed by atoms with E-state index in [4.69, 9.17) is 44.6 Å². The number of hydrogen-bond acceptors (Lipinski definition) is 4. The van der Waals surface area contributed by atoms with E-state index < -0.39 is 47.4 Å². The van der Waals surface area contributed by atoms with Crippen LogP contribution in [0.2, 0.25) is 15.1 Å². The van der Waals surface area contributed by atoms with Gasteiger partial charge in [0.2, 0.25) is 0 Å². The molecule has 0 aliphatic carbocycles. The number of ether oxygens (including phenoxy) is 1. The predicted molar refractivity (Wildman–Crippen MR) is 124 cm³/mol. The zero-order valence-electron chi connectivity index (χ0n) is 17.6. The molecule has 0 saturated carbocycles. The second-order valence-electron chi connectivity index (χ2n) is 7.13. The Balaban J connectivity index is 1.82. The van der Waals surface area contributed by atoms with Crippen LogP contribution in [0.15, 0.2) is 48.5 Å². The van der Waals surface area contributed by atoms with Crippen LogP contribution in [0.5, 0.6) is 5.75 Å². The van der Waals surface area contributed by atoms with Gasteiger partial charge in [0.15, 0.2) is 12.4 Å². The maximum absolute atomic E-state index is 13.8. The summed E-state index contributed by atoms with van der Waals surface area (Å²) in [5, 5.41) is 10.9. The van der Waals surface area contributed by atoms with Gasteiger partial charge in [0.1, 0.15) is 11.6 Å². The van der Waals surface area contributed by atoms with Crippen LogP contribution in [0.1, 0.15) is 31.8 Å². The summed E-state index contributed by atoms with van der Waals surface area (Å²) in [6.07, 6.45) is -4.89. The number of carbonyl (C=O) groups excluding carboxylic acids is 2. The molecule has 6 nitrogen and oxygen atoms in total. The van der Waals surface area contributed by atoms with Gasteiger partial charge in [-0.2, -0.15) is 13.2 Å². The van der Waals surface area contributed by atoms with Crippen LogP contribution in [0.3, 0.4) is 0 Å². The van der Waals surface area contributed by atoms with E-state index in [9.17, 15) is 31.9 Å². The number of rotatable bonds is 7. The van der Waals surface area contributed by atoms with Crippen molar-refractivity contribution in [2.24, 2.45) is 0 Å². The van der Waals surface area contributed by atoms with Gasteiger partial charge in [0.25, 0.3) is 5.91 Å². The molecule has 13 heteroatoms. The molecule has 0 heterocycles. The summed E-state index contributed by atoms with van der Waals surface area (Å²) >= 11 is 17.8. The summed E-state index contributed by atoms with van der Waals surface area (Å²) < 4.78 is 58.3. The smallest absolute Gasteiger partial charge is 0.416 e. The number of carboxylic acid groups (broad SMARTS) is 1. The van der Waals surface area contributed by atoms with Gasteiger partial charge in [-0.25, -0.2) is 9.18 Å². The number of aromatic carboxylic acids is 1. The first-order valence-electron chi connectivity index (χ1n) is 9.64. The van der Waals surface area contributed by atoms with Crippen molar-refractivity contribution in [3.8, 4) is 5.75 Å². The Labute approximate surface area is 215 Å². The number of benzene rings is 3. The molecule has 2 N–H and O–H groups in total. The number of carbonyl (C=O) groups is 3. The first-order chi connectivity index (χ1) is 16.8. The molecular formula is C23H12Cl3F4NO5. The molecule has 3 rings (SSSR count). The Kier molecular flexibility index (Phi) is 8.12. The number of ketones is 1. The molecule has 1 amide bonds. The maximum Gasteiger partial charge on any atom is 0.416 e. The molecule has 0 aromatic heterocycles. The molecule has 0 bridgehead atoms. The van der Waals surface area contributed by atoms with E-state index in [0.717, 1.165) is 12.1 Å². The van der Waals surface area contributed by atoms with Gasteiger partial charge in [0, 0.05) is 10.6 Å². The highest BCUT2D eigenvalue weighted by atomic mass is 35.5. The van der Waals surface area contributed by atoms with E-state index in [1.165, 1.54) is 18.2 Å². The molecule has 0 atom stereocenters. The molecule has 0 saturated heterocycles. The standard InChI is InChI=1S/C23H12Cl3F4NO5/c24-12-1-4-17(15(8-12)21(33)10-5-11(23(28,29)30)7-13(27)6-10)36-9-18(32)31-16-3-2-14(22(34)35)19(25)20(16)26/h1-8H,9H2,(H,31,32)(H,34,35). The number of anilines is 1. The summed E-state index contributed by atoms with van der Waals surface area (Å²) in [5.74, 6) is -4.65. The van der Waals surface area contributed by atoms with E-state index >= 15 is 0 Å². The van der Waals surface area contributed by atoms with E-state index in [0.29, 0.717) is 12.1 Å². The van der Waals surface area contributed by atoms with Crippen molar-refractivity contribution in [2.45, 2.75) is 6.18 Å². The molecule has 188 valence electrons. The minimum Gasteiger partial charge on any atom is -0.483 e. The number of halogens is 7. The fourth-order valence-electron chi connectivity index (χ4n) is 2.99. The lowest BCUT2D eigenvalue weighted by Gasteiger charge is -2.14. The van der Waals surface area contributed by atoms with E-state index in [-0.39, 0.29) is 43.7 Å². The number of carboxylic acids is 1. The highest BCUT2D eigenvalue weighted by molar-refractivity contribution is 6.45. The molecule has 0 unspecified atom stereocenters. The second-order valence-corrected chi connectivity index (χ2v) is 8.32. The van der Waals surface area contributed by atoms with Crippen molar-refractivity contribution >= 4 is 58.1 Å². The summed E-state index contributed by atoms with van der Waals surface area (Å²) in [6, 6.07) is 7.29. The van der Waals surface area contributed by atoms with Gasteiger partial charge in [-0.1, -0.05) is 34.8 Å². The summed E-state index contributed by atoms with van der Waals surface area (Å²) in [6.45, 7) is -0.701. The molecule has 36 heavy (non-hydrogen) atoms. The van der Waals surface area contributed by atoms with Crippen molar-refractivity contribution in [1.82, 2.24) is 0 Å². The average Bonchev–Trinajstić information content (AvgIpc) is 2.79. The molecule has 0 aliphatic rings. The quantitative estimate of drug-likeness (QED) is 0.245. The van der Waals surface area contributed by atoms with Gasteiger partial charge in [-0.3, -0.25) is 9.59 Å². The Morgan fingerprint density at radius 3 is 2.25 bits per heavy atom. The van der Waals surface area contributed by atoms with Crippen LogP contribution in [0, 0.1) is 5.82 Å². The fraction of sp³-hybridized carbons (Fsp3) is 0.0870. The Hall–Kier alpha value is -3.34. The number of hydrogen-bond donors (Lipinski definition) is 2. The molecule has 3 aromatic rings. The van der Waals surface area contributed by atoms with E-state index in [1.54, 1.807) is 0 Å². The zero-order chi connectivity index (χ0) is 26.8. The highest BCUT2D eigenvalue weighted by Crippen LogP contribution is 2.34. The van der Waals surface area contributed by atoms with Crippen LogP contribution >= 0.6 is 34.8 Å². The number of nitrogens with one attached hydrogen (secondary N) is 1. The van der Waals surface area contributed by atoms with Crippen LogP contribution < -0.4 is 10.1 Å². The van der Waals surface area contributed by atoms with Gasteiger partial charge >= 0.3 is 12.1 Å². The van der Waals surface area contributed by atoms with Crippen molar-refractivity contribution in [1.29, 1.82) is 0 Å². The predicted octanol–water partition coefficient (Wildman–Crippen LogP) is 6.75. The highest BCUT2D eigenvalue weighted by Gasteiger charge is 2.32. The second kappa shape index (κ2) is 10.7.